The molecule has 2 N–H and O–H groups in total. The highest BCUT2D eigenvalue weighted by Gasteiger charge is 2.34. The van der Waals surface area contributed by atoms with E-state index in [9.17, 15) is 22.8 Å². The van der Waals surface area contributed by atoms with Crippen molar-refractivity contribution in [1.82, 2.24) is 9.88 Å². The van der Waals surface area contributed by atoms with E-state index in [2.05, 4.69) is 4.98 Å². The number of pyridine rings is 1. The number of piperidine rings is 1. The molecule has 4 rings (SSSR count). The summed E-state index contributed by atoms with van der Waals surface area (Å²) in [6.45, 7) is 0.419. The molecule has 1 amide bonds. The number of rotatable bonds is 4. The van der Waals surface area contributed by atoms with Gasteiger partial charge in [0.15, 0.2) is 11.2 Å². The van der Waals surface area contributed by atoms with Gasteiger partial charge < -0.3 is 19.8 Å². The van der Waals surface area contributed by atoms with Crippen LogP contribution in [0.25, 0.3) is 11.0 Å². The van der Waals surface area contributed by atoms with Crippen molar-refractivity contribution in [3.05, 3.63) is 69.7 Å². The maximum Gasteiger partial charge on any atom is 0.433 e. The predicted octanol–water partition coefficient (Wildman–Crippen LogP) is 3.35. The van der Waals surface area contributed by atoms with Gasteiger partial charge in [-0.3, -0.25) is 9.59 Å². The van der Waals surface area contributed by atoms with Crippen molar-refractivity contribution in [2.24, 2.45) is 5.73 Å². The lowest BCUT2D eigenvalue weighted by atomic mass is 10.1. The molecular weight excluding hydrogens is 427 g/mol. The standard InChI is InChI=1S/C22H20F3N3O4/c23-22(24,25)19-8-13(11-26)9-20(27-19)31-14-4-3-7-28(12-14)21(30)18-10-16(29)15-5-1-2-6-17(15)32-18/h1-2,5-6,8-10,14H,3-4,7,11-12,26H2/t14-/m0/s1. The van der Waals surface area contributed by atoms with Crippen LogP contribution in [0, 0.1) is 0 Å². The smallest absolute Gasteiger partial charge is 0.433 e. The van der Waals surface area contributed by atoms with Gasteiger partial charge in [0, 0.05) is 25.2 Å². The first-order valence-electron chi connectivity index (χ1n) is 10.0. The zero-order chi connectivity index (χ0) is 22.9. The first kappa shape index (κ1) is 21.8. The third-order valence-corrected chi connectivity index (χ3v) is 5.19. The van der Waals surface area contributed by atoms with Crippen LogP contribution in [0.15, 0.2) is 51.7 Å². The molecule has 3 heterocycles. The monoisotopic (exact) mass is 447 g/mol. The number of nitrogens with zero attached hydrogens (tertiary/aromatic N) is 2. The summed E-state index contributed by atoms with van der Waals surface area (Å²) in [5, 5.41) is 0.371. The van der Waals surface area contributed by atoms with Gasteiger partial charge in [-0.05, 0) is 36.6 Å². The average molecular weight is 447 g/mol. The van der Waals surface area contributed by atoms with Crippen LogP contribution in [0.3, 0.4) is 0 Å². The highest BCUT2D eigenvalue weighted by atomic mass is 19.4. The van der Waals surface area contributed by atoms with E-state index in [1.54, 1.807) is 24.3 Å². The minimum atomic E-state index is -4.63. The van der Waals surface area contributed by atoms with Crippen LogP contribution in [-0.2, 0) is 12.7 Å². The highest BCUT2D eigenvalue weighted by Crippen LogP contribution is 2.30. The van der Waals surface area contributed by atoms with Crippen LogP contribution in [0.1, 0.15) is 34.7 Å². The van der Waals surface area contributed by atoms with Gasteiger partial charge in [0.1, 0.15) is 17.4 Å². The van der Waals surface area contributed by atoms with Crippen LogP contribution in [0.5, 0.6) is 5.88 Å². The fourth-order valence-corrected chi connectivity index (χ4v) is 3.64. The van der Waals surface area contributed by atoms with Crippen molar-refractivity contribution >= 4 is 16.9 Å². The number of carbonyl (C=O) groups excluding carboxylic acids is 1. The molecule has 1 aromatic carbocycles. The molecule has 1 atom stereocenters. The molecule has 1 aliphatic rings. The fourth-order valence-electron chi connectivity index (χ4n) is 3.64. The quantitative estimate of drug-likeness (QED) is 0.659. The zero-order valence-electron chi connectivity index (χ0n) is 16.9. The molecule has 0 bridgehead atoms. The lowest BCUT2D eigenvalue weighted by molar-refractivity contribution is -0.141. The summed E-state index contributed by atoms with van der Waals surface area (Å²) < 4.78 is 50.6. The third-order valence-electron chi connectivity index (χ3n) is 5.19. The van der Waals surface area contributed by atoms with E-state index in [-0.39, 0.29) is 35.7 Å². The van der Waals surface area contributed by atoms with Crippen LogP contribution in [0.4, 0.5) is 13.2 Å². The van der Waals surface area contributed by atoms with Crippen LogP contribution >= 0.6 is 0 Å². The first-order valence-corrected chi connectivity index (χ1v) is 10.0. The molecule has 0 aliphatic carbocycles. The maximum absolute atomic E-state index is 13.1. The van der Waals surface area contributed by atoms with Crippen LogP contribution in [-0.4, -0.2) is 35.0 Å². The Labute approximate surface area is 180 Å². The van der Waals surface area contributed by atoms with E-state index in [4.69, 9.17) is 14.9 Å². The zero-order valence-corrected chi connectivity index (χ0v) is 16.9. The number of alkyl halides is 3. The molecule has 7 nitrogen and oxygen atoms in total. The van der Waals surface area contributed by atoms with Gasteiger partial charge in [0.05, 0.1) is 11.9 Å². The molecule has 0 spiro atoms. The number of hydrogen-bond acceptors (Lipinski definition) is 6. The number of benzene rings is 1. The number of ether oxygens (including phenoxy) is 1. The molecule has 1 saturated heterocycles. The Morgan fingerprint density at radius 1 is 1.25 bits per heavy atom. The number of halogens is 3. The van der Waals surface area contributed by atoms with Crippen molar-refractivity contribution < 1.29 is 27.1 Å². The summed E-state index contributed by atoms with van der Waals surface area (Å²) in [6.07, 6.45) is -4.11. The number of carbonyl (C=O) groups is 1. The fraction of sp³-hybridized carbons (Fsp3) is 0.318. The summed E-state index contributed by atoms with van der Waals surface area (Å²) in [5.74, 6) is -0.783. The topological polar surface area (TPSA) is 98.7 Å². The first-order chi connectivity index (χ1) is 15.2. The van der Waals surface area contributed by atoms with Crippen molar-refractivity contribution in [1.29, 1.82) is 0 Å². The predicted molar refractivity (Wildman–Crippen MR) is 109 cm³/mol. The largest absolute Gasteiger partial charge is 0.472 e. The number of hydrogen-bond donors (Lipinski definition) is 1. The lowest BCUT2D eigenvalue weighted by Crippen LogP contribution is -2.44. The maximum atomic E-state index is 13.1. The van der Waals surface area contributed by atoms with E-state index in [1.807, 2.05) is 0 Å². The van der Waals surface area contributed by atoms with Gasteiger partial charge in [-0.25, -0.2) is 4.98 Å². The van der Waals surface area contributed by atoms with Gasteiger partial charge in [-0.15, -0.1) is 0 Å². The second-order valence-corrected chi connectivity index (χ2v) is 7.51. The minimum Gasteiger partial charge on any atom is -0.472 e. The summed E-state index contributed by atoms with van der Waals surface area (Å²) >= 11 is 0. The molecule has 0 radical (unpaired) electrons. The van der Waals surface area contributed by atoms with E-state index in [0.717, 1.165) is 12.1 Å². The molecule has 2 aromatic heterocycles. The van der Waals surface area contributed by atoms with E-state index < -0.39 is 23.9 Å². The summed E-state index contributed by atoms with van der Waals surface area (Å²) in [6, 6.07) is 10.00. The Morgan fingerprint density at radius 2 is 2.03 bits per heavy atom. The van der Waals surface area contributed by atoms with Crippen LogP contribution < -0.4 is 15.9 Å². The molecule has 168 valence electrons. The van der Waals surface area contributed by atoms with Gasteiger partial charge in [-0.2, -0.15) is 13.2 Å². The summed E-state index contributed by atoms with van der Waals surface area (Å²) in [5.41, 5.74) is 4.63. The lowest BCUT2D eigenvalue weighted by Gasteiger charge is -2.32. The molecule has 32 heavy (non-hydrogen) atoms. The minimum absolute atomic E-state index is 0.0990. The molecule has 1 fully saturated rings. The van der Waals surface area contributed by atoms with Gasteiger partial charge in [0.2, 0.25) is 5.88 Å². The Balaban J connectivity index is 1.53. The Kier molecular flexibility index (Phi) is 5.88. The molecule has 10 heteroatoms. The highest BCUT2D eigenvalue weighted by molar-refractivity contribution is 5.93. The average Bonchev–Trinajstić information content (AvgIpc) is 2.78. The van der Waals surface area contributed by atoms with Crippen molar-refractivity contribution in [3.8, 4) is 5.88 Å². The van der Waals surface area contributed by atoms with Gasteiger partial charge in [0.25, 0.3) is 5.91 Å². The second kappa shape index (κ2) is 8.62. The SMILES string of the molecule is NCc1cc(O[C@H]2CCCN(C(=O)c3cc(=O)c4ccccc4o3)C2)nc(C(F)(F)F)c1. The van der Waals surface area contributed by atoms with Gasteiger partial charge >= 0.3 is 6.18 Å². The number of para-hydroxylation sites is 1. The molecule has 0 unspecified atom stereocenters. The normalized spacial score (nSPS) is 16.9. The Hall–Kier alpha value is -3.40. The van der Waals surface area contributed by atoms with E-state index in [1.165, 1.54) is 11.0 Å². The Morgan fingerprint density at radius 3 is 2.78 bits per heavy atom. The van der Waals surface area contributed by atoms with Gasteiger partial charge in [-0.1, -0.05) is 12.1 Å². The number of fused-ring (bicyclic) bond motifs is 1. The molecule has 0 saturated carbocycles. The Bertz CT molecular complexity index is 1210. The number of amides is 1. The molecule has 1 aliphatic heterocycles. The molecule has 3 aromatic rings. The summed E-state index contributed by atoms with van der Waals surface area (Å²) in [4.78, 5) is 30.2. The number of nitrogens with two attached hydrogens (primary N) is 1. The van der Waals surface area contributed by atoms with Crippen molar-refractivity contribution in [3.63, 3.8) is 0 Å². The van der Waals surface area contributed by atoms with Crippen molar-refractivity contribution in [2.45, 2.75) is 31.7 Å². The number of aromatic nitrogens is 1. The van der Waals surface area contributed by atoms with E-state index in [0.29, 0.717) is 30.4 Å². The summed E-state index contributed by atoms with van der Waals surface area (Å²) in [7, 11) is 0. The van der Waals surface area contributed by atoms with E-state index >= 15 is 0 Å². The van der Waals surface area contributed by atoms with Crippen LogP contribution in [0.2, 0.25) is 0 Å². The molecular formula is C22H20F3N3O4. The second-order valence-electron chi connectivity index (χ2n) is 7.51. The third kappa shape index (κ3) is 4.59. The number of likely N-dealkylation sites (tertiary alicyclic amines) is 1. The van der Waals surface area contributed by atoms with Crippen molar-refractivity contribution in [2.75, 3.05) is 13.1 Å².